The monoisotopic (exact) mass is 267 g/mol. The molecule has 1 amide bonds. The van der Waals surface area contributed by atoms with Gasteiger partial charge in [0.05, 0.1) is 7.11 Å². The average molecular weight is 267 g/mol. The lowest BCUT2D eigenvalue weighted by molar-refractivity contribution is -0.142. The van der Waals surface area contributed by atoms with E-state index in [-0.39, 0.29) is 0 Å². The highest BCUT2D eigenvalue weighted by molar-refractivity contribution is 5.86. The predicted molar refractivity (Wildman–Crippen MR) is 68.3 cm³/mol. The van der Waals surface area contributed by atoms with E-state index in [9.17, 15) is 9.59 Å². The molecule has 0 aliphatic carbocycles. The average Bonchev–Trinajstić information content (AvgIpc) is 2.39. The van der Waals surface area contributed by atoms with Crippen LogP contribution in [0.1, 0.15) is 13.8 Å². The van der Waals surface area contributed by atoms with Crippen LogP contribution in [-0.4, -0.2) is 36.2 Å². The highest BCUT2D eigenvalue weighted by atomic mass is 16.5. The van der Waals surface area contributed by atoms with E-state index in [2.05, 4.69) is 5.32 Å². The maximum Gasteiger partial charge on any atom is 0.325 e. The van der Waals surface area contributed by atoms with Crippen LogP contribution >= 0.6 is 0 Å². The van der Waals surface area contributed by atoms with Gasteiger partial charge in [-0.2, -0.15) is 0 Å². The third-order valence-corrected chi connectivity index (χ3v) is 2.47. The summed E-state index contributed by atoms with van der Waals surface area (Å²) in [5.41, 5.74) is 0. The first-order valence-corrected chi connectivity index (χ1v) is 5.78. The molecule has 1 rings (SSSR count). The zero-order valence-corrected chi connectivity index (χ0v) is 11.0. The summed E-state index contributed by atoms with van der Waals surface area (Å²) in [7, 11) is 1.55. The first-order chi connectivity index (χ1) is 8.93. The van der Waals surface area contributed by atoms with Gasteiger partial charge in [0.15, 0.2) is 6.10 Å². The lowest BCUT2D eigenvalue weighted by atomic mass is 10.3. The molecule has 0 spiro atoms. The van der Waals surface area contributed by atoms with Crippen molar-refractivity contribution in [2.24, 2.45) is 0 Å². The van der Waals surface area contributed by atoms with E-state index in [0.29, 0.717) is 11.5 Å². The van der Waals surface area contributed by atoms with E-state index in [0.717, 1.165) is 0 Å². The Morgan fingerprint density at radius 3 is 2.16 bits per heavy atom. The van der Waals surface area contributed by atoms with Crippen LogP contribution in [0, 0.1) is 0 Å². The van der Waals surface area contributed by atoms with Crippen molar-refractivity contribution in [3.8, 4) is 11.5 Å². The van der Waals surface area contributed by atoms with Crippen molar-refractivity contribution in [1.82, 2.24) is 5.32 Å². The summed E-state index contributed by atoms with van der Waals surface area (Å²) in [5, 5.41) is 11.0. The number of nitrogens with one attached hydrogen (secondary N) is 1. The smallest absolute Gasteiger partial charge is 0.325 e. The molecule has 1 unspecified atom stereocenters. The van der Waals surface area contributed by atoms with Gasteiger partial charge >= 0.3 is 5.97 Å². The molecule has 0 saturated heterocycles. The fraction of sp³-hybridized carbons (Fsp3) is 0.385. The number of hydrogen-bond donors (Lipinski definition) is 2. The summed E-state index contributed by atoms with van der Waals surface area (Å²) in [4.78, 5) is 22.3. The molecule has 0 saturated carbocycles. The number of ether oxygens (including phenoxy) is 2. The van der Waals surface area contributed by atoms with Crippen molar-refractivity contribution in [3.63, 3.8) is 0 Å². The third-order valence-electron chi connectivity index (χ3n) is 2.47. The highest BCUT2D eigenvalue weighted by Crippen LogP contribution is 2.18. The zero-order chi connectivity index (χ0) is 14.4. The van der Waals surface area contributed by atoms with Crippen molar-refractivity contribution in [3.05, 3.63) is 24.3 Å². The van der Waals surface area contributed by atoms with E-state index in [1.165, 1.54) is 6.92 Å². The van der Waals surface area contributed by atoms with Crippen molar-refractivity contribution in [2.45, 2.75) is 26.0 Å². The Balaban J connectivity index is 2.55. The Labute approximate surface area is 111 Å². The SMILES string of the molecule is COc1ccc(OC(C)C(=O)N[C@H](C)C(=O)O)cc1. The quantitative estimate of drug-likeness (QED) is 0.804. The maximum atomic E-state index is 11.7. The number of rotatable bonds is 6. The van der Waals surface area contributed by atoms with Crippen LogP contribution < -0.4 is 14.8 Å². The molecular formula is C13H17NO5. The normalized spacial score (nSPS) is 13.2. The number of carboxylic acids is 1. The summed E-state index contributed by atoms with van der Waals surface area (Å²) >= 11 is 0. The molecule has 0 radical (unpaired) electrons. The van der Waals surface area contributed by atoms with Crippen molar-refractivity contribution >= 4 is 11.9 Å². The zero-order valence-electron chi connectivity index (χ0n) is 11.0. The Bertz CT molecular complexity index is 443. The first kappa shape index (κ1) is 14.8. The molecule has 6 heteroatoms. The highest BCUT2D eigenvalue weighted by Gasteiger charge is 2.20. The minimum Gasteiger partial charge on any atom is -0.497 e. The molecule has 0 aromatic heterocycles. The Kier molecular flexibility index (Phi) is 5.17. The van der Waals surface area contributed by atoms with Crippen molar-refractivity contribution < 1.29 is 24.2 Å². The molecule has 0 fully saturated rings. The van der Waals surface area contributed by atoms with E-state index < -0.39 is 24.0 Å². The number of benzene rings is 1. The number of amides is 1. The molecule has 19 heavy (non-hydrogen) atoms. The molecule has 1 aromatic rings. The van der Waals surface area contributed by atoms with E-state index in [4.69, 9.17) is 14.6 Å². The number of aliphatic carboxylic acids is 1. The molecule has 2 atom stereocenters. The Morgan fingerprint density at radius 1 is 1.16 bits per heavy atom. The van der Waals surface area contributed by atoms with Crippen LogP contribution in [0.4, 0.5) is 0 Å². The lowest BCUT2D eigenvalue weighted by Crippen LogP contribution is -2.44. The molecule has 6 nitrogen and oxygen atoms in total. The number of methoxy groups -OCH3 is 1. The van der Waals surface area contributed by atoms with Crippen LogP contribution in [0.2, 0.25) is 0 Å². The first-order valence-electron chi connectivity index (χ1n) is 5.78. The van der Waals surface area contributed by atoms with Crippen LogP contribution in [0.5, 0.6) is 11.5 Å². The number of hydrogen-bond acceptors (Lipinski definition) is 4. The minimum atomic E-state index is -1.09. The summed E-state index contributed by atoms with van der Waals surface area (Å²) in [5.74, 6) is -0.383. The summed E-state index contributed by atoms with van der Waals surface area (Å²) in [6, 6.07) is 5.81. The van der Waals surface area contributed by atoms with Gasteiger partial charge in [-0.1, -0.05) is 0 Å². The minimum absolute atomic E-state index is 0.481. The van der Waals surface area contributed by atoms with Crippen molar-refractivity contribution in [1.29, 1.82) is 0 Å². The molecule has 1 aromatic carbocycles. The topological polar surface area (TPSA) is 84.9 Å². The maximum absolute atomic E-state index is 11.7. The second kappa shape index (κ2) is 6.63. The predicted octanol–water partition coefficient (Wildman–Crippen LogP) is 1.05. The van der Waals surface area contributed by atoms with Gasteiger partial charge in [-0.3, -0.25) is 9.59 Å². The fourth-order valence-electron chi connectivity index (χ4n) is 1.30. The Hall–Kier alpha value is -2.24. The second-order valence-electron chi connectivity index (χ2n) is 4.00. The lowest BCUT2D eigenvalue weighted by Gasteiger charge is -2.16. The van der Waals surface area contributed by atoms with E-state index >= 15 is 0 Å². The van der Waals surface area contributed by atoms with Gasteiger partial charge in [0.1, 0.15) is 17.5 Å². The van der Waals surface area contributed by atoms with Gasteiger partial charge in [0.2, 0.25) is 0 Å². The van der Waals surface area contributed by atoms with Gasteiger partial charge in [-0.15, -0.1) is 0 Å². The number of carboxylic acid groups (broad SMARTS) is 1. The van der Waals surface area contributed by atoms with Crippen molar-refractivity contribution in [2.75, 3.05) is 7.11 Å². The van der Waals surface area contributed by atoms with Crippen LogP contribution in [0.3, 0.4) is 0 Å². The fourth-order valence-corrected chi connectivity index (χ4v) is 1.30. The molecule has 104 valence electrons. The summed E-state index contributed by atoms with van der Waals surface area (Å²) in [6.45, 7) is 2.94. The van der Waals surface area contributed by atoms with Crippen LogP contribution in [0.15, 0.2) is 24.3 Å². The molecule has 0 heterocycles. The number of carbonyl (C=O) groups is 2. The van der Waals surface area contributed by atoms with E-state index in [1.54, 1.807) is 38.3 Å². The van der Waals surface area contributed by atoms with Crippen LogP contribution in [0.25, 0.3) is 0 Å². The molecule has 2 N–H and O–H groups in total. The van der Waals surface area contributed by atoms with Gasteiger partial charge in [-0.25, -0.2) is 0 Å². The Morgan fingerprint density at radius 2 is 1.68 bits per heavy atom. The van der Waals surface area contributed by atoms with E-state index in [1.807, 2.05) is 0 Å². The standard InChI is InChI=1S/C13H17NO5/c1-8(13(16)17)14-12(15)9(2)19-11-6-4-10(18-3)5-7-11/h4-9H,1-3H3,(H,14,15)(H,16,17)/t8-,9?/m1/s1. The summed E-state index contributed by atoms with van der Waals surface area (Å²) < 4.78 is 10.4. The largest absolute Gasteiger partial charge is 0.497 e. The van der Waals surface area contributed by atoms with Gasteiger partial charge in [0.25, 0.3) is 5.91 Å². The van der Waals surface area contributed by atoms with Gasteiger partial charge < -0.3 is 19.9 Å². The third kappa shape index (κ3) is 4.50. The molecular weight excluding hydrogens is 250 g/mol. The summed E-state index contributed by atoms with van der Waals surface area (Å²) in [6.07, 6.45) is -0.782. The second-order valence-corrected chi connectivity index (χ2v) is 4.00. The van der Waals surface area contributed by atoms with Crippen LogP contribution in [-0.2, 0) is 9.59 Å². The molecule has 0 aliphatic rings. The number of carbonyl (C=O) groups excluding carboxylic acids is 1. The molecule has 0 aliphatic heterocycles. The van der Waals surface area contributed by atoms with Gasteiger partial charge in [-0.05, 0) is 38.1 Å². The molecule has 0 bridgehead atoms. The van der Waals surface area contributed by atoms with Gasteiger partial charge in [0, 0.05) is 0 Å².